The van der Waals surface area contributed by atoms with Crippen LogP contribution in [0.1, 0.15) is 49.4 Å². The lowest BCUT2D eigenvalue weighted by Crippen LogP contribution is -2.34. The van der Waals surface area contributed by atoms with E-state index < -0.39 is 0 Å². The zero-order valence-electron chi connectivity index (χ0n) is 17.1. The van der Waals surface area contributed by atoms with E-state index in [0.29, 0.717) is 16.5 Å². The van der Waals surface area contributed by atoms with Crippen LogP contribution in [0.4, 0.5) is 5.69 Å². The van der Waals surface area contributed by atoms with Gasteiger partial charge in [-0.05, 0) is 54.2 Å². The summed E-state index contributed by atoms with van der Waals surface area (Å²) in [6.45, 7) is 6.26. The number of nitrogens with zero attached hydrogens (tertiary/aromatic N) is 1. The summed E-state index contributed by atoms with van der Waals surface area (Å²) in [4.78, 5) is 18.1. The van der Waals surface area contributed by atoms with Gasteiger partial charge in [-0.3, -0.25) is 9.78 Å². The van der Waals surface area contributed by atoms with E-state index in [1.165, 1.54) is 0 Å². The van der Waals surface area contributed by atoms with Crippen LogP contribution in [0.25, 0.3) is 10.9 Å². The first-order valence-electron chi connectivity index (χ1n) is 10.1. The summed E-state index contributed by atoms with van der Waals surface area (Å²) in [6.07, 6.45) is 1.33. The first-order chi connectivity index (χ1) is 14.2. The molecule has 3 aromatic rings. The van der Waals surface area contributed by atoms with Gasteiger partial charge in [0.25, 0.3) is 0 Å². The van der Waals surface area contributed by atoms with E-state index in [0.717, 1.165) is 51.1 Å². The average molecular weight is 437 g/mol. The summed E-state index contributed by atoms with van der Waals surface area (Å²) < 4.78 is 0. The number of halogens is 2. The van der Waals surface area contributed by atoms with Crippen LogP contribution in [0.5, 0.6) is 0 Å². The van der Waals surface area contributed by atoms with Crippen molar-refractivity contribution in [2.75, 3.05) is 5.32 Å². The fourth-order valence-electron chi connectivity index (χ4n) is 4.89. The normalized spacial score (nSPS) is 20.0. The van der Waals surface area contributed by atoms with E-state index in [-0.39, 0.29) is 17.1 Å². The third kappa shape index (κ3) is 3.03. The standard InChI is InChI=1S/C25H22Cl2N2O/c1-13-7-8-14-17(28-13)9-10-18-21(14)22(15-5-4-6-16(26)24(15)27)23-19(29-18)11-25(2,3)12-20(23)30/h4-10,22,29H,11-12H2,1-3H3. The molecule has 0 saturated heterocycles. The molecule has 3 nitrogen and oxygen atoms in total. The molecule has 1 unspecified atom stereocenters. The molecule has 5 heteroatoms. The Kier molecular flexibility index (Phi) is 4.46. The molecule has 1 atom stereocenters. The van der Waals surface area contributed by atoms with Gasteiger partial charge >= 0.3 is 0 Å². The molecule has 2 heterocycles. The van der Waals surface area contributed by atoms with Crippen LogP contribution < -0.4 is 5.32 Å². The number of Topliss-reactive ketones (excluding diaryl/α,β-unsaturated/α-hetero) is 1. The van der Waals surface area contributed by atoms with Gasteiger partial charge in [0.1, 0.15) is 0 Å². The van der Waals surface area contributed by atoms with Crippen LogP contribution >= 0.6 is 23.2 Å². The summed E-state index contributed by atoms with van der Waals surface area (Å²) in [7, 11) is 0. The Morgan fingerprint density at radius 3 is 2.67 bits per heavy atom. The largest absolute Gasteiger partial charge is 0.358 e. The number of allylic oxidation sites excluding steroid dienone is 2. The maximum absolute atomic E-state index is 13.4. The summed E-state index contributed by atoms with van der Waals surface area (Å²) in [5.41, 5.74) is 6.47. The molecule has 0 amide bonds. The number of carbonyl (C=O) groups excluding carboxylic acids is 1. The maximum atomic E-state index is 13.4. The molecule has 5 rings (SSSR count). The van der Waals surface area contributed by atoms with Gasteiger partial charge in [0.15, 0.2) is 5.78 Å². The first-order valence-corrected chi connectivity index (χ1v) is 10.9. The average Bonchev–Trinajstić information content (AvgIpc) is 2.67. The Morgan fingerprint density at radius 2 is 1.87 bits per heavy atom. The summed E-state index contributed by atoms with van der Waals surface area (Å²) >= 11 is 13.1. The van der Waals surface area contributed by atoms with Gasteiger partial charge in [-0.15, -0.1) is 0 Å². The lowest BCUT2D eigenvalue weighted by Gasteiger charge is -2.40. The van der Waals surface area contributed by atoms with Crippen LogP contribution in [0.3, 0.4) is 0 Å². The Morgan fingerprint density at radius 1 is 1.07 bits per heavy atom. The first kappa shape index (κ1) is 19.6. The molecule has 1 aliphatic carbocycles. The minimum absolute atomic E-state index is 0.0847. The second kappa shape index (κ2) is 6.83. The molecular weight excluding hydrogens is 415 g/mol. The molecule has 0 fully saturated rings. The number of anilines is 1. The number of ketones is 1. The van der Waals surface area contributed by atoms with Crippen molar-refractivity contribution in [3.05, 3.63) is 80.6 Å². The molecule has 0 saturated carbocycles. The number of hydrogen-bond donors (Lipinski definition) is 1. The molecule has 1 aromatic heterocycles. The predicted molar refractivity (Wildman–Crippen MR) is 123 cm³/mol. The second-order valence-corrected chi connectivity index (χ2v) is 9.87. The molecular formula is C25H22Cl2N2O. The minimum atomic E-state index is -0.278. The third-order valence-electron chi connectivity index (χ3n) is 6.13. The van der Waals surface area contributed by atoms with E-state index in [1.54, 1.807) is 6.07 Å². The lowest BCUT2D eigenvalue weighted by atomic mass is 9.68. The van der Waals surface area contributed by atoms with Gasteiger partial charge in [-0.1, -0.05) is 55.2 Å². The number of fused-ring (bicyclic) bond motifs is 3. The Labute approximate surface area is 186 Å². The highest BCUT2D eigenvalue weighted by molar-refractivity contribution is 6.42. The van der Waals surface area contributed by atoms with Crippen LogP contribution in [-0.4, -0.2) is 10.8 Å². The third-order valence-corrected chi connectivity index (χ3v) is 6.96. The van der Waals surface area contributed by atoms with Crippen molar-refractivity contribution in [1.82, 2.24) is 4.98 Å². The van der Waals surface area contributed by atoms with Gasteiger partial charge < -0.3 is 5.32 Å². The summed E-state index contributed by atoms with van der Waals surface area (Å²) in [5, 5.41) is 5.60. The van der Waals surface area contributed by atoms with E-state index in [1.807, 2.05) is 31.2 Å². The number of aromatic nitrogens is 1. The minimum Gasteiger partial charge on any atom is -0.358 e. The molecule has 0 bridgehead atoms. The zero-order chi connectivity index (χ0) is 21.2. The number of nitrogens with one attached hydrogen (secondary N) is 1. The zero-order valence-corrected chi connectivity index (χ0v) is 18.7. The molecule has 0 radical (unpaired) electrons. The van der Waals surface area contributed by atoms with Crippen LogP contribution in [0.15, 0.2) is 53.7 Å². The highest BCUT2D eigenvalue weighted by Gasteiger charge is 2.42. The second-order valence-electron chi connectivity index (χ2n) is 9.08. The van der Waals surface area contributed by atoms with Crippen LogP contribution in [0, 0.1) is 12.3 Å². The monoisotopic (exact) mass is 436 g/mol. The maximum Gasteiger partial charge on any atom is 0.162 e. The van der Waals surface area contributed by atoms with Crippen molar-refractivity contribution in [3.8, 4) is 0 Å². The number of rotatable bonds is 1. The number of benzene rings is 2. The van der Waals surface area contributed by atoms with Gasteiger partial charge in [-0.2, -0.15) is 0 Å². The fraction of sp³-hybridized carbons (Fsp3) is 0.280. The van der Waals surface area contributed by atoms with E-state index in [4.69, 9.17) is 28.2 Å². The predicted octanol–water partition coefficient (Wildman–Crippen LogP) is 7.05. The summed E-state index contributed by atoms with van der Waals surface area (Å²) in [5.74, 6) is -0.114. The van der Waals surface area contributed by atoms with Crippen molar-refractivity contribution in [1.29, 1.82) is 0 Å². The molecule has 0 spiro atoms. The lowest BCUT2D eigenvalue weighted by molar-refractivity contribution is -0.118. The van der Waals surface area contributed by atoms with Crippen molar-refractivity contribution in [2.45, 2.75) is 39.5 Å². The van der Waals surface area contributed by atoms with Gasteiger partial charge in [0.05, 0.1) is 15.6 Å². The number of pyridine rings is 1. The Balaban J connectivity index is 1.85. The van der Waals surface area contributed by atoms with Crippen molar-refractivity contribution >= 4 is 45.6 Å². The van der Waals surface area contributed by atoms with Crippen LogP contribution in [0.2, 0.25) is 10.0 Å². The number of aryl methyl sites for hydroxylation is 1. The number of carbonyl (C=O) groups is 1. The smallest absolute Gasteiger partial charge is 0.162 e. The molecule has 1 N–H and O–H groups in total. The van der Waals surface area contributed by atoms with Crippen molar-refractivity contribution < 1.29 is 4.79 Å². The molecule has 30 heavy (non-hydrogen) atoms. The molecule has 2 aliphatic rings. The SMILES string of the molecule is Cc1ccc2c3c(ccc2n1)NC1=C(C(=O)CC(C)(C)C1)C3c1cccc(Cl)c1Cl. The Hall–Kier alpha value is -2.36. The van der Waals surface area contributed by atoms with E-state index in [9.17, 15) is 4.79 Å². The van der Waals surface area contributed by atoms with Gasteiger partial charge in [0.2, 0.25) is 0 Å². The quantitative estimate of drug-likeness (QED) is 0.444. The summed E-state index contributed by atoms with van der Waals surface area (Å²) in [6, 6.07) is 13.9. The topological polar surface area (TPSA) is 42.0 Å². The highest BCUT2D eigenvalue weighted by Crippen LogP contribution is 2.52. The van der Waals surface area contributed by atoms with Gasteiger partial charge in [0, 0.05) is 40.4 Å². The molecule has 1 aliphatic heterocycles. The fourth-order valence-corrected chi connectivity index (χ4v) is 5.31. The van der Waals surface area contributed by atoms with Crippen molar-refractivity contribution in [2.24, 2.45) is 5.41 Å². The van der Waals surface area contributed by atoms with E-state index in [2.05, 4.69) is 31.3 Å². The van der Waals surface area contributed by atoms with Crippen LogP contribution in [-0.2, 0) is 4.79 Å². The number of hydrogen-bond acceptors (Lipinski definition) is 3. The highest BCUT2D eigenvalue weighted by atomic mass is 35.5. The van der Waals surface area contributed by atoms with Crippen molar-refractivity contribution in [3.63, 3.8) is 0 Å². The Bertz CT molecular complexity index is 1260. The molecule has 152 valence electrons. The van der Waals surface area contributed by atoms with Gasteiger partial charge in [-0.25, -0.2) is 0 Å². The molecule has 2 aromatic carbocycles. The van der Waals surface area contributed by atoms with E-state index >= 15 is 0 Å².